The van der Waals surface area contributed by atoms with Crippen molar-refractivity contribution in [3.05, 3.63) is 52.5 Å². The Morgan fingerprint density at radius 2 is 1.88 bits per heavy atom. The van der Waals surface area contributed by atoms with Gasteiger partial charge >= 0.3 is 0 Å². The topological polar surface area (TPSA) is 104 Å². The molecular weight excluding hydrogens is 532 g/mol. The number of rotatable bonds is 6. The van der Waals surface area contributed by atoms with Crippen molar-refractivity contribution in [3.63, 3.8) is 0 Å². The smallest absolute Gasteiger partial charge is 0.247 e. The van der Waals surface area contributed by atoms with Gasteiger partial charge in [-0.1, -0.05) is 40.5 Å². The Bertz CT molecular complexity index is 1200. The van der Waals surface area contributed by atoms with Gasteiger partial charge in [0.05, 0.1) is 18.0 Å². The highest BCUT2D eigenvalue weighted by Crippen LogP contribution is 2.35. The number of ether oxygens (including phenoxy) is 1. The second kappa shape index (κ2) is 10.0. The highest BCUT2D eigenvalue weighted by Gasteiger charge is 2.39. The number of benzene rings is 2. The van der Waals surface area contributed by atoms with Crippen LogP contribution in [-0.2, 0) is 20.0 Å². The first-order chi connectivity index (χ1) is 15.4. The molecule has 0 fully saturated rings. The first-order valence-electron chi connectivity index (χ1n) is 10.5. The van der Waals surface area contributed by atoms with Gasteiger partial charge < -0.3 is 9.84 Å². The molecule has 0 aromatic heterocycles. The van der Waals surface area contributed by atoms with E-state index in [0.29, 0.717) is 4.47 Å². The van der Waals surface area contributed by atoms with Gasteiger partial charge in [0, 0.05) is 30.0 Å². The first kappa shape index (κ1) is 26.1. The summed E-state index contributed by atoms with van der Waals surface area (Å²) in [5, 5.41) is 9.69. The van der Waals surface area contributed by atoms with Gasteiger partial charge in [0.1, 0.15) is 16.7 Å². The third kappa shape index (κ3) is 5.44. The van der Waals surface area contributed by atoms with Gasteiger partial charge in [0.2, 0.25) is 20.0 Å². The van der Waals surface area contributed by atoms with E-state index in [2.05, 4.69) is 15.9 Å². The summed E-state index contributed by atoms with van der Waals surface area (Å²) in [6.45, 7) is 5.08. The molecule has 8 nitrogen and oxygen atoms in total. The van der Waals surface area contributed by atoms with E-state index < -0.39 is 32.2 Å². The lowest BCUT2D eigenvalue weighted by Gasteiger charge is -2.37. The average Bonchev–Trinajstić information content (AvgIpc) is 2.75. The maximum Gasteiger partial charge on any atom is 0.247 e. The summed E-state index contributed by atoms with van der Waals surface area (Å²) in [6, 6.07) is 10.6. The second-order valence-corrected chi connectivity index (χ2v) is 13.2. The Morgan fingerprint density at radius 1 is 1.24 bits per heavy atom. The average molecular weight is 562 g/mol. The molecule has 1 heterocycles. The molecule has 1 aliphatic rings. The fraction of sp³-hybridized carbons (Fsp3) is 0.455. The summed E-state index contributed by atoms with van der Waals surface area (Å²) in [7, 11) is -6.22. The Balaban J connectivity index is 2.00. The second-order valence-electron chi connectivity index (χ2n) is 8.43. The van der Waals surface area contributed by atoms with Crippen LogP contribution in [-0.4, -0.2) is 69.4 Å². The van der Waals surface area contributed by atoms with Gasteiger partial charge in [-0.25, -0.2) is 16.8 Å². The molecule has 33 heavy (non-hydrogen) atoms. The molecule has 2 aromatic carbocycles. The molecule has 3 atom stereocenters. The first-order valence-corrected chi connectivity index (χ1v) is 14.2. The normalized spacial score (nSPS) is 22.2. The van der Waals surface area contributed by atoms with E-state index in [-0.39, 0.29) is 41.2 Å². The maximum atomic E-state index is 13.3. The van der Waals surface area contributed by atoms with E-state index in [4.69, 9.17) is 4.74 Å². The SMILES string of the molecule is Cc1ccc(S(=O)(=O)N(C)C[C@@H]2Oc3cc(Br)ccc3S(=O)(=O)N([C@H](C)CO)C[C@H]2C)cc1. The summed E-state index contributed by atoms with van der Waals surface area (Å²) >= 11 is 3.35. The summed E-state index contributed by atoms with van der Waals surface area (Å²) in [6.07, 6.45) is -0.632. The molecule has 11 heteroatoms. The number of sulfonamides is 2. The van der Waals surface area contributed by atoms with Crippen molar-refractivity contribution in [2.75, 3.05) is 26.7 Å². The third-order valence-corrected chi connectivity index (χ3v) is 10.1. The van der Waals surface area contributed by atoms with Crippen LogP contribution in [0.25, 0.3) is 0 Å². The van der Waals surface area contributed by atoms with E-state index in [1.54, 1.807) is 43.3 Å². The standard InChI is InChI=1S/C22H29BrN2O6S2/c1-15-5-8-19(9-6-15)32(27,28)24(4)13-21-16(2)12-25(17(3)14-26)33(29,30)22-10-7-18(23)11-20(22)31-21/h5-11,16-17,21,26H,12-14H2,1-4H3/t16-,17-,21+/m1/s1. The van der Waals surface area contributed by atoms with Crippen LogP contribution in [0, 0.1) is 12.8 Å². The Hall–Kier alpha value is -1.50. The van der Waals surface area contributed by atoms with Gasteiger partial charge in [0.15, 0.2) is 0 Å². The molecule has 0 bridgehead atoms. The van der Waals surface area contributed by atoms with E-state index in [1.165, 1.54) is 21.7 Å². The molecule has 0 unspecified atom stereocenters. The molecule has 0 spiro atoms. The van der Waals surface area contributed by atoms with Crippen molar-refractivity contribution >= 4 is 36.0 Å². The monoisotopic (exact) mass is 560 g/mol. The van der Waals surface area contributed by atoms with Crippen molar-refractivity contribution in [2.45, 2.75) is 42.7 Å². The van der Waals surface area contributed by atoms with Gasteiger partial charge in [-0.3, -0.25) is 0 Å². The fourth-order valence-corrected chi connectivity index (χ4v) is 7.01. The van der Waals surface area contributed by atoms with Crippen LogP contribution in [0.4, 0.5) is 0 Å². The zero-order chi connectivity index (χ0) is 24.6. The fourth-order valence-electron chi connectivity index (χ4n) is 3.66. The molecule has 0 aliphatic carbocycles. The molecule has 0 radical (unpaired) electrons. The Kier molecular flexibility index (Phi) is 7.92. The predicted molar refractivity (Wildman–Crippen MR) is 129 cm³/mol. The summed E-state index contributed by atoms with van der Waals surface area (Å²) in [5.74, 6) is -0.228. The van der Waals surface area contributed by atoms with Gasteiger partial charge in [-0.2, -0.15) is 8.61 Å². The number of aliphatic hydroxyl groups is 1. The number of hydrogen-bond donors (Lipinski definition) is 1. The molecule has 1 aliphatic heterocycles. The molecule has 0 saturated heterocycles. The number of aryl methyl sites for hydroxylation is 1. The minimum absolute atomic E-state index is 0.0186. The van der Waals surface area contributed by atoms with Crippen molar-refractivity contribution in [3.8, 4) is 5.75 Å². The minimum Gasteiger partial charge on any atom is -0.487 e. The Labute approximate surface area is 204 Å². The molecule has 0 saturated carbocycles. The summed E-state index contributed by atoms with van der Waals surface area (Å²) in [5.41, 5.74) is 0.954. The van der Waals surface area contributed by atoms with Crippen molar-refractivity contribution in [1.29, 1.82) is 0 Å². The lowest BCUT2D eigenvalue weighted by atomic mass is 10.0. The summed E-state index contributed by atoms with van der Waals surface area (Å²) in [4.78, 5) is 0.155. The summed E-state index contributed by atoms with van der Waals surface area (Å²) < 4.78 is 62.2. The maximum absolute atomic E-state index is 13.3. The van der Waals surface area contributed by atoms with Gasteiger partial charge in [0.25, 0.3) is 0 Å². The van der Waals surface area contributed by atoms with Crippen LogP contribution >= 0.6 is 15.9 Å². The lowest BCUT2D eigenvalue weighted by molar-refractivity contribution is 0.0904. The van der Waals surface area contributed by atoms with Gasteiger partial charge in [-0.05, 0) is 44.2 Å². The van der Waals surface area contributed by atoms with Crippen LogP contribution in [0.1, 0.15) is 19.4 Å². The number of nitrogens with zero attached hydrogens (tertiary/aromatic N) is 2. The van der Waals surface area contributed by atoms with Crippen LogP contribution in [0.2, 0.25) is 0 Å². The molecular formula is C22H29BrN2O6S2. The zero-order valence-electron chi connectivity index (χ0n) is 19.0. The van der Waals surface area contributed by atoms with Crippen LogP contribution in [0.3, 0.4) is 0 Å². The van der Waals surface area contributed by atoms with E-state index in [9.17, 15) is 21.9 Å². The largest absolute Gasteiger partial charge is 0.487 e. The molecule has 2 aromatic rings. The van der Waals surface area contributed by atoms with E-state index in [0.717, 1.165) is 5.56 Å². The van der Waals surface area contributed by atoms with Crippen LogP contribution < -0.4 is 4.74 Å². The molecule has 3 rings (SSSR count). The quantitative estimate of drug-likeness (QED) is 0.582. The highest BCUT2D eigenvalue weighted by molar-refractivity contribution is 9.10. The van der Waals surface area contributed by atoms with Crippen molar-refractivity contribution in [2.24, 2.45) is 5.92 Å². The number of aliphatic hydroxyl groups excluding tert-OH is 1. The van der Waals surface area contributed by atoms with Crippen molar-refractivity contribution in [1.82, 2.24) is 8.61 Å². The van der Waals surface area contributed by atoms with Gasteiger partial charge in [-0.15, -0.1) is 0 Å². The number of halogens is 1. The third-order valence-electron chi connectivity index (χ3n) is 5.80. The molecule has 1 N–H and O–H groups in total. The molecule has 182 valence electrons. The van der Waals surface area contributed by atoms with Crippen LogP contribution in [0.5, 0.6) is 5.75 Å². The highest BCUT2D eigenvalue weighted by atomic mass is 79.9. The number of hydrogen-bond acceptors (Lipinski definition) is 6. The van der Waals surface area contributed by atoms with Crippen LogP contribution in [0.15, 0.2) is 56.7 Å². The van der Waals surface area contributed by atoms with E-state index in [1.807, 2.05) is 13.8 Å². The zero-order valence-corrected chi connectivity index (χ0v) is 22.2. The minimum atomic E-state index is -3.94. The van der Waals surface area contributed by atoms with E-state index >= 15 is 0 Å². The molecule has 0 amide bonds. The van der Waals surface area contributed by atoms with Crippen molar-refractivity contribution < 1.29 is 26.7 Å². The predicted octanol–water partition coefficient (Wildman–Crippen LogP) is 2.85. The number of likely N-dealkylation sites (N-methyl/N-ethyl adjacent to an activating group) is 1. The number of fused-ring (bicyclic) bond motifs is 1. The lowest BCUT2D eigenvalue weighted by Crippen LogP contribution is -2.50. The Morgan fingerprint density at radius 3 is 2.48 bits per heavy atom.